The first-order valence-electron chi connectivity index (χ1n) is 7.33. The first-order valence-corrected chi connectivity index (χ1v) is 7.33. The van der Waals surface area contributed by atoms with Gasteiger partial charge in [0.15, 0.2) is 6.61 Å². The number of rotatable bonds is 5. The number of amides is 1. The summed E-state index contributed by atoms with van der Waals surface area (Å²) in [6.45, 7) is 6.04. The van der Waals surface area contributed by atoms with Crippen molar-refractivity contribution in [1.29, 1.82) is 0 Å². The monoisotopic (exact) mass is 300 g/mol. The SMILES string of the molecule is CCCNC(=O)COC(=O)c1cc(C)nc2ccc(C)cc12. The number of ether oxygens (including phenoxy) is 1. The van der Waals surface area contributed by atoms with E-state index in [1.54, 1.807) is 6.07 Å². The highest BCUT2D eigenvalue weighted by Crippen LogP contribution is 2.20. The van der Waals surface area contributed by atoms with Crippen molar-refractivity contribution < 1.29 is 14.3 Å². The van der Waals surface area contributed by atoms with Crippen molar-refractivity contribution in [3.05, 3.63) is 41.1 Å². The normalized spacial score (nSPS) is 10.5. The Bertz CT molecular complexity index is 710. The van der Waals surface area contributed by atoms with Crippen LogP contribution in [-0.2, 0) is 9.53 Å². The van der Waals surface area contributed by atoms with E-state index < -0.39 is 5.97 Å². The van der Waals surface area contributed by atoms with Crippen LogP contribution in [0.5, 0.6) is 0 Å². The van der Waals surface area contributed by atoms with Crippen LogP contribution in [0, 0.1) is 13.8 Å². The molecule has 0 spiro atoms. The average Bonchev–Trinajstić information content (AvgIpc) is 2.50. The van der Waals surface area contributed by atoms with E-state index in [9.17, 15) is 9.59 Å². The topological polar surface area (TPSA) is 68.3 Å². The highest BCUT2D eigenvalue weighted by atomic mass is 16.5. The molecule has 1 aromatic carbocycles. The summed E-state index contributed by atoms with van der Waals surface area (Å²) in [7, 11) is 0. The molecule has 0 aliphatic rings. The number of fused-ring (bicyclic) bond motifs is 1. The Hall–Kier alpha value is -2.43. The maximum absolute atomic E-state index is 12.3. The van der Waals surface area contributed by atoms with E-state index in [0.29, 0.717) is 12.1 Å². The third kappa shape index (κ3) is 3.81. The van der Waals surface area contributed by atoms with E-state index in [2.05, 4.69) is 10.3 Å². The quantitative estimate of drug-likeness (QED) is 0.862. The Morgan fingerprint density at radius 3 is 2.73 bits per heavy atom. The molecule has 2 rings (SSSR count). The number of carbonyl (C=O) groups is 2. The Labute approximate surface area is 129 Å². The first-order chi connectivity index (χ1) is 10.5. The fourth-order valence-electron chi connectivity index (χ4n) is 2.17. The number of hydrogen-bond donors (Lipinski definition) is 1. The number of nitrogens with one attached hydrogen (secondary N) is 1. The molecule has 5 heteroatoms. The lowest BCUT2D eigenvalue weighted by Crippen LogP contribution is -2.29. The van der Waals surface area contributed by atoms with Gasteiger partial charge in [0.05, 0.1) is 11.1 Å². The molecular formula is C17H20N2O3. The van der Waals surface area contributed by atoms with Gasteiger partial charge >= 0.3 is 5.97 Å². The predicted molar refractivity (Wildman–Crippen MR) is 84.8 cm³/mol. The third-order valence-electron chi connectivity index (χ3n) is 3.22. The molecular weight excluding hydrogens is 280 g/mol. The Balaban J connectivity index is 2.20. The molecule has 0 aliphatic carbocycles. The molecule has 0 saturated carbocycles. The summed E-state index contributed by atoms with van der Waals surface area (Å²) in [6, 6.07) is 7.41. The van der Waals surface area contributed by atoms with Crippen molar-refractivity contribution in [3.63, 3.8) is 0 Å². The van der Waals surface area contributed by atoms with E-state index in [4.69, 9.17) is 4.74 Å². The number of benzene rings is 1. The second-order valence-corrected chi connectivity index (χ2v) is 5.26. The van der Waals surface area contributed by atoms with Crippen LogP contribution in [0.3, 0.4) is 0 Å². The number of aromatic nitrogens is 1. The maximum Gasteiger partial charge on any atom is 0.339 e. The minimum absolute atomic E-state index is 0.270. The van der Waals surface area contributed by atoms with Gasteiger partial charge in [-0.15, -0.1) is 0 Å². The minimum atomic E-state index is -0.507. The van der Waals surface area contributed by atoms with Crippen LogP contribution in [-0.4, -0.2) is 30.0 Å². The molecule has 0 unspecified atom stereocenters. The molecule has 1 aromatic heterocycles. The van der Waals surface area contributed by atoms with E-state index in [1.165, 1.54) is 0 Å². The minimum Gasteiger partial charge on any atom is -0.452 e. The molecule has 116 valence electrons. The summed E-state index contributed by atoms with van der Waals surface area (Å²) in [5.74, 6) is -0.797. The molecule has 1 amide bonds. The zero-order chi connectivity index (χ0) is 16.1. The summed E-state index contributed by atoms with van der Waals surface area (Å²) < 4.78 is 5.11. The molecule has 0 saturated heterocycles. The van der Waals surface area contributed by atoms with Gasteiger partial charge in [-0.3, -0.25) is 9.78 Å². The summed E-state index contributed by atoms with van der Waals surface area (Å²) in [4.78, 5) is 28.2. The molecule has 22 heavy (non-hydrogen) atoms. The van der Waals surface area contributed by atoms with E-state index in [-0.39, 0.29) is 12.5 Å². The number of pyridine rings is 1. The summed E-state index contributed by atoms with van der Waals surface area (Å²) in [5.41, 5.74) is 2.95. The molecule has 0 atom stereocenters. The van der Waals surface area contributed by atoms with E-state index in [0.717, 1.165) is 28.6 Å². The van der Waals surface area contributed by atoms with Crippen molar-refractivity contribution in [2.24, 2.45) is 0 Å². The molecule has 5 nitrogen and oxygen atoms in total. The largest absolute Gasteiger partial charge is 0.452 e. The van der Waals surface area contributed by atoms with Gasteiger partial charge in [0.2, 0.25) is 0 Å². The lowest BCUT2D eigenvalue weighted by molar-refractivity contribution is -0.124. The van der Waals surface area contributed by atoms with Crippen LogP contribution in [0.2, 0.25) is 0 Å². The molecule has 1 heterocycles. The third-order valence-corrected chi connectivity index (χ3v) is 3.22. The molecule has 0 radical (unpaired) electrons. The second kappa shape index (κ2) is 7.02. The van der Waals surface area contributed by atoms with Crippen molar-refractivity contribution in [2.75, 3.05) is 13.2 Å². The van der Waals surface area contributed by atoms with Crippen molar-refractivity contribution >= 4 is 22.8 Å². The van der Waals surface area contributed by atoms with Crippen LogP contribution in [0.15, 0.2) is 24.3 Å². The standard InChI is InChI=1S/C17H20N2O3/c1-4-7-18-16(20)10-22-17(21)14-9-12(3)19-15-6-5-11(2)8-13(14)15/h5-6,8-9H,4,7,10H2,1-3H3,(H,18,20). The zero-order valence-electron chi connectivity index (χ0n) is 13.1. The van der Waals surface area contributed by atoms with Gasteiger partial charge in [-0.1, -0.05) is 18.6 Å². The molecule has 0 aliphatic heterocycles. The van der Waals surface area contributed by atoms with Crippen LogP contribution in [0.25, 0.3) is 10.9 Å². The zero-order valence-corrected chi connectivity index (χ0v) is 13.1. The Kier molecular flexibility index (Phi) is 5.09. The van der Waals surface area contributed by atoms with Crippen LogP contribution < -0.4 is 5.32 Å². The fourth-order valence-corrected chi connectivity index (χ4v) is 2.17. The van der Waals surface area contributed by atoms with E-state index >= 15 is 0 Å². The van der Waals surface area contributed by atoms with E-state index in [1.807, 2.05) is 39.0 Å². The first kappa shape index (κ1) is 15.9. The second-order valence-electron chi connectivity index (χ2n) is 5.26. The van der Waals surface area contributed by atoms with Crippen molar-refractivity contribution in [3.8, 4) is 0 Å². The number of aryl methyl sites for hydroxylation is 2. The summed E-state index contributed by atoms with van der Waals surface area (Å²) in [5, 5.41) is 3.41. The van der Waals surface area contributed by atoms with Gasteiger partial charge < -0.3 is 10.1 Å². The molecule has 0 bridgehead atoms. The number of carbonyl (C=O) groups excluding carboxylic acids is 2. The van der Waals surface area contributed by atoms with Gasteiger partial charge in [0.1, 0.15) is 0 Å². The van der Waals surface area contributed by atoms with Crippen molar-refractivity contribution in [1.82, 2.24) is 10.3 Å². The van der Waals surface area contributed by atoms with Gasteiger partial charge in [-0.2, -0.15) is 0 Å². The van der Waals surface area contributed by atoms with Crippen LogP contribution in [0.1, 0.15) is 35.0 Å². The average molecular weight is 300 g/mol. The Morgan fingerprint density at radius 2 is 2.00 bits per heavy atom. The smallest absolute Gasteiger partial charge is 0.339 e. The highest BCUT2D eigenvalue weighted by Gasteiger charge is 2.15. The molecule has 2 aromatic rings. The van der Waals surface area contributed by atoms with Crippen LogP contribution in [0.4, 0.5) is 0 Å². The van der Waals surface area contributed by atoms with Gasteiger partial charge in [0, 0.05) is 17.6 Å². The van der Waals surface area contributed by atoms with Crippen LogP contribution >= 0.6 is 0 Å². The highest BCUT2D eigenvalue weighted by molar-refractivity contribution is 6.04. The molecule has 0 fully saturated rings. The predicted octanol–water partition coefficient (Wildman–Crippen LogP) is 2.53. The van der Waals surface area contributed by atoms with Gasteiger partial charge in [-0.25, -0.2) is 4.79 Å². The van der Waals surface area contributed by atoms with Gasteiger partial charge in [0.25, 0.3) is 5.91 Å². The lowest BCUT2D eigenvalue weighted by Gasteiger charge is -2.09. The Morgan fingerprint density at radius 1 is 1.23 bits per heavy atom. The summed E-state index contributed by atoms with van der Waals surface area (Å²) in [6.07, 6.45) is 0.840. The summed E-state index contributed by atoms with van der Waals surface area (Å²) >= 11 is 0. The number of hydrogen-bond acceptors (Lipinski definition) is 4. The molecule has 1 N–H and O–H groups in total. The number of nitrogens with zero attached hydrogens (tertiary/aromatic N) is 1. The maximum atomic E-state index is 12.3. The van der Waals surface area contributed by atoms with Crippen molar-refractivity contribution in [2.45, 2.75) is 27.2 Å². The van der Waals surface area contributed by atoms with Gasteiger partial charge in [-0.05, 0) is 38.5 Å². The lowest BCUT2D eigenvalue weighted by atomic mass is 10.1. The number of esters is 1. The fraction of sp³-hybridized carbons (Fsp3) is 0.353.